The molecule has 0 aliphatic carbocycles. The highest BCUT2D eigenvalue weighted by Gasteiger charge is 2.12. The molecule has 1 unspecified atom stereocenters. The van der Waals surface area contributed by atoms with E-state index in [1.165, 1.54) is 0 Å². The molecule has 2 rings (SSSR count). The van der Waals surface area contributed by atoms with E-state index in [2.05, 4.69) is 10.3 Å². The van der Waals surface area contributed by atoms with Gasteiger partial charge in [0, 0.05) is 11.8 Å². The van der Waals surface area contributed by atoms with Crippen LogP contribution in [0.4, 0.5) is 0 Å². The van der Waals surface area contributed by atoms with Gasteiger partial charge in [-0.05, 0) is 44.9 Å². The number of thiazole rings is 1. The summed E-state index contributed by atoms with van der Waals surface area (Å²) in [6.07, 6.45) is 1.26. The van der Waals surface area contributed by atoms with Crippen molar-refractivity contribution in [2.45, 2.75) is 39.7 Å². The third-order valence-corrected chi connectivity index (χ3v) is 4.31. The van der Waals surface area contributed by atoms with Crippen LogP contribution in [0.2, 0.25) is 0 Å². The van der Waals surface area contributed by atoms with Gasteiger partial charge in [-0.25, -0.2) is 4.98 Å². The summed E-state index contributed by atoms with van der Waals surface area (Å²) in [6, 6.07) is 7.32. The molecule has 0 fully saturated rings. The summed E-state index contributed by atoms with van der Waals surface area (Å²) in [4.78, 5) is 27.3. The molecule has 2 aromatic rings. The van der Waals surface area contributed by atoms with Gasteiger partial charge in [0.15, 0.2) is 6.61 Å². The van der Waals surface area contributed by atoms with Crippen LogP contribution in [0.25, 0.3) is 0 Å². The zero-order chi connectivity index (χ0) is 17.5. The van der Waals surface area contributed by atoms with Crippen LogP contribution in [0.3, 0.4) is 0 Å². The number of aryl methyl sites for hydroxylation is 2. The molecule has 0 aliphatic rings. The Hall–Kier alpha value is -2.21. The number of ketones is 1. The molecular weight excluding hydrogens is 324 g/mol. The second-order valence-corrected chi connectivity index (χ2v) is 6.78. The summed E-state index contributed by atoms with van der Waals surface area (Å²) in [5.74, 6) is 0.624. The molecule has 1 amide bonds. The Bertz CT molecular complexity index is 695. The molecule has 0 saturated carbocycles. The van der Waals surface area contributed by atoms with Gasteiger partial charge in [-0.15, -0.1) is 11.3 Å². The molecular formula is C18H22N2O3S. The van der Waals surface area contributed by atoms with E-state index in [0.29, 0.717) is 12.2 Å². The summed E-state index contributed by atoms with van der Waals surface area (Å²) in [6.45, 7) is 5.38. The predicted octanol–water partition coefficient (Wildman–Crippen LogP) is 3.23. The van der Waals surface area contributed by atoms with Crippen molar-refractivity contribution in [2.75, 3.05) is 6.61 Å². The van der Waals surface area contributed by atoms with Crippen molar-refractivity contribution in [3.63, 3.8) is 0 Å². The second kappa shape index (κ2) is 8.59. The Balaban J connectivity index is 1.78. The maximum Gasteiger partial charge on any atom is 0.258 e. The predicted molar refractivity (Wildman–Crippen MR) is 94.3 cm³/mol. The lowest BCUT2D eigenvalue weighted by molar-refractivity contribution is -0.123. The molecule has 1 aromatic heterocycles. The van der Waals surface area contributed by atoms with Gasteiger partial charge in [-0.1, -0.05) is 12.1 Å². The van der Waals surface area contributed by atoms with E-state index in [0.717, 1.165) is 22.7 Å². The molecule has 1 N–H and O–H groups in total. The van der Waals surface area contributed by atoms with Gasteiger partial charge >= 0.3 is 0 Å². The molecule has 0 aliphatic heterocycles. The quantitative estimate of drug-likeness (QED) is 0.797. The van der Waals surface area contributed by atoms with Gasteiger partial charge in [0.1, 0.15) is 11.5 Å². The molecule has 6 heteroatoms. The van der Waals surface area contributed by atoms with Crippen molar-refractivity contribution in [3.8, 4) is 5.75 Å². The number of rotatable bonds is 8. The van der Waals surface area contributed by atoms with Crippen LogP contribution in [0.15, 0.2) is 29.6 Å². The van der Waals surface area contributed by atoms with Gasteiger partial charge in [0.2, 0.25) is 0 Å². The van der Waals surface area contributed by atoms with Crippen LogP contribution >= 0.6 is 11.3 Å². The van der Waals surface area contributed by atoms with Crippen molar-refractivity contribution in [1.29, 1.82) is 0 Å². The van der Waals surface area contributed by atoms with Gasteiger partial charge in [-0.3, -0.25) is 4.79 Å². The summed E-state index contributed by atoms with van der Waals surface area (Å²) in [5.41, 5.74) is 1.94. The molecule has 0 radical (unpaired) electrons. The molecule has 5 nitrogen and oxygen atoms in total. The van der Waals surface area contributed by atoms with Gasteiger partial charge < -0.3 is 14.8 Å². The Morgan fingerprint density at radius 1 is 1.29 bits per heavy atom. The number of nitrogens with one attached hydrogen (secondary N) is 1. The van der Waals surface area contributed by atoms with Crippen LogP contribution < -0.4 is 10.1 Å². The number of Topliss-reactive ketones (excluding diaryl/α,β-unsaturated/α-hetero) is 1. The lowest BCUT2D eigenvalue weighted by Crippen LogP contribution is -2.31. The first-order chi connectivity index (χ1) is 11.4. The first-order valence-electron chi connectivity index (χ1n) is 7.86. The minimum Gasteiger partial charge on any atom is -0.484 e. The van der Waals surface area contributed by atoms with E-state index < -0.39 is 0 Å². The number of aromatic nitrogens is 1. The Morgan fingerprint density at radius 2 is 2.00 bits per heavy atom. The van der Waals surface area contributed by atoms with E-state index in [9.17, 15) is 9.59 Å². The van der Waals surface area contributed by atoms with Crippen molar-refractivity contribution in [2.24, 2.45) is 0 Å². The fourth-order valence-corrected chi connectivity index (χ4v) is 2.86. The number of amides is 1. The summed E-state index contributed by atoms with van der Waals surface area (Å²) >= 11 is 1.56. The highest BCUT2D eigenvalue weighted by molar-refractivity contribution is 7.09. The zero-order valence-corrected chi connectivity index (χ0v) is 15.0. The first-order valence-corrected chi connectivity index (χ1v) is 8.74. The average Bonchev–Trinajstić information content (AvgIpc) is 2.98. The van der Waals surface area contributed by atoms with Crippen LogP contribution in [-0.4, -0.2) is 23.3 Å². The topological polar surface area (TPSA) is 68.3 Å². The smallest absolute Gasteiger partial charge is 0.258 e. The molecule has 24 heavy (non-hydrogen) atoms. The zero-order valence-electron chi connectivity index (χ0n) is 14.2. The highest BCUT2D eigenvalue weighted by atomic mass is 32.1. The molecule has 0 saturated heterocycles. The third-order valence-electron chi connectivity index (χ3n) is 3.52. The standard InChI is InChI=1S/C18H22N2O3S/c1-12(21)4-5-15-6-8-16(9-7-15)23-10-18(22)19-13(2)17-11-24-14(3)20-17/h6-9,11,13H,4-5,10H2,1-3H3,(H,19,22). The number of carbonyl (C=O) groups excluding carboxylic acids is 2. The highest BCUT2D eigenvalue weighted by Crippen LogP contribution is 2.16. The Labute approximate surface area is 146 Å². The molecule has 0 spiro atoms. The van der Waals surface area contributed by atoms with Gasteiger partial charge in [-0.2, -0.15) is 0 Å². The number of hydrogen-bond donors (Lipinski definition) is 1. The second-order valence-electron chi connectivity index (χ2n) is 5.72. The van der Waals surface area contributed by atoms with Crippen molar-refractivity contribution in [1.82, 2.24) is 10.3 Å². The summed E-state index contributed by atoms with van der Waals surface area (Å²) in [7, 11) is 0. The molecule has 0 bridgehead atoms. The van der Waals surface area contributed by atoms with E-state index in [-0.39, 0.29) is 24.3 Å². The van der Waals surface area contributed by atoms with Crippen LogP contribution in [0, 0.1) is 6.92 Å². The Kier molecular flexibility index (Phi) is 6.49. The maximum atomic E-state index is 12.0. The van der Waals surface area contributed by atoms with Crippen molar-refractivity contribution >= 4 is 23.0 Å². The van der Waals surface area contributed by atoms with E-state index in [1.807, 2.05) is 43.5 Å². The summed E-state index contributed by atoms with van der Waals surface area (Å²) < 4.78 is 5.49. The van der Waals surface area contributed by atoms with Crippen LogP contribution in [-0.2, 0) is 16.0 Å². The Morgan fingerprint density at radius 3 is 2.58 bits per heavy atom. The van der Waals surface area contributed by atoms with E-state index in [1.54, 1.807) is 18.3 Å². The van der Waals surface area contributed by atoms with Crippen molar-refractivity contribution in [3.05, 3.63) is 45.9 Å². The number of carbonyl (C=O) groups is 2. The van der Waals surface area contributed by atoms with Crippen molar-refractivity contribution < 1.29 is 14.3 Å². The monoisotopic (exact) mass is 346 g/mol. The molecule has 1 heterocycles. The number of ether oxygens (including phenoxy) is 1. The largest absolute Gasteiger partial charge is 0.484 e. The van der Waals surface area contributed by atoms with Gasteiger partial charge in [0.25, 0.3) is 5.91 Å². The minimum atomic E-state index is -0.186. The number of benzene rings is 1. The van der Waals surface area contributed by atoms with Crippen LogP contribution in [0.1, 0.15) is 42.6 Å². The number of hydrogen-bond acceptors (Lipinski definition) is 5. The van der Waals surface area contributed by atoms with E-state index in [4.69, 9.17) is 4.74 Å². The third kappa shape index (κ3) is 5.77. The van der Waals surface area contributed by atoms with Crippen LogP contribution in [0.5, 0.6) is 5.75 Å². The number of nitrogens with zero attached hydrogens (tertiary/aromatic N) is 1. The fraction of sp³-hybridized carbons (Fsp3) is 0.389. The fourth-order valence-electron chi connectivity index (χ4n) is 2.16. The minimum absolute atomic E-state index is 0.0414. The average molecular weight is 346 g/mol. The normalized spacial score (nSPS) is 11.8. The van der Waals surface area contributed by atoms with E-state index >= 15 is 0 Å². The maximum absolute atomic E-state index is 12.0. The SMILES string of the molecule is CC(=O)CCc1ccc(OCC(=O)NC(C)c2csc(C)n2)cc1. The summed E-state index contributed by atoms with van der Waals surface area (Å²) in [5, 5.41) is 5.79. The molecule has 1 aromatic carbocycles. The molecule has 128 valence electrons. The lowest BCUT2D eigenvalue weighted by atomic mass is 10.1. The lowest BCUT2D eigenvalue weighted by Gasteiger charge is -2.12. The first kappa shape index (κ1) is 18.1. The molecule has 1 atom stereocenters. The van der Waals surface area contributed by atoms with Gasteiger partial charge in [0.05, 0.1) is 16.7 Å².